The molecule has 4 heteroatoms. The molecule has 0 unspecified atom stereocenters. The van der Waals surface area contributed by atoms with E-state index >= 15 is 0 Å². The van der Waals surface area contributed by atoms with Crippen molar-refractivity contribution in [3.05, 3.63) is 35.4 Å². The van der Waals surface area contributed by atoms with Gasteiger partial charge in [0.1, 0.15) is 4.99 Å². The Kier molecular flexibility index (Phi) is 5.12. The number of nitrogens with two attached hydrogens (primary N) is 1. The van der Waals surface area contributed by atoms with E-state index in [-0.39, 0.29) is 5.91 Å². The number of carbonyl (C=O) groups is 1. The van der Waals surface area contributed by atoms with Crippen LogP contribution in [0, 0.1) is 5.92 Å². The fourth-order valence-corrected chi connectivity index (χ4v) is 2.93. The topological polar surface area (TPSA) is 46.3 Å². The summed E-state index contributed by atoms with van der Waals surface area (Å²) in [6.07, 6.45) is 5.65. The SMILES string of the molecule is CN(Cc1cccc(C(N)=S)c1)C(=O)CC1CCCC1. The van der Waals surface area contributed by atoms with Gasteiger partial charge in [0.05, 0.1) is 0 Å². The first kappa shape index (κ1) is 15.0. The van der Waals surface area contributed by atoms with Crippen molar-refractivity contribution in [2.24, 2.45) is 11.7 Å². The van der Waals surface area contributed by atoms with Gasteiger partial charge >= 0.3 is 0 Å². The van der Waals surface area contributed by atoms with E-state index in [4.69, 9.17) is 18.0 Å². The zero-order chi connectivity index (χ0) is 14.5. The minimum atomic E-state index is 0.234. The third kappa shape index (κ3) is 4.04. The Bertz CT molecular complexity index is 495. The molecule has 1 fully saturated rings. The van der Waals surface area contributed by atoms with E-state index in [0.29, 0.717) is 23.9 Å². The summed E-state index contributed by atoms with van der Waals surface area (Å²) in [6, 6.07) is 7.79. The molecule has 0 saturated heterocycles. The van der Waals surface area contributed by atoms with E-state index in [1.165, 1.54) is 25.7 Å². The van der Waals surface area contributed by atoms with Gasteiger partial charge in [-0.15, -0.1) is 0 Å². The molecule has 0 aromatic heterocycles. The van der Waals surface area contributed by atoms with Gasteiger partial charge in [-0.3, -0.25) is 4.79 Å². The molecular weight excluding hydrogens is 268 g/mol. The molecule has 20 heavy (non-hydrogen) atoms. The maximum absolute atomic E-state index is 12.2. The fraction of sp³-hybridized carbons (Fsp3) is 0.500. The zero-order valence-electron chi connectivity index (χ0n) is 12.0. The maximum atomic E-state index is 12.2. The van der Waals surface area contributed by atoms with Gasteiger partial charge in [0, 0.05) is 25.6 Å². The third-order valence-corrected chi connectivity index (χ3v) is 4.23. The standard InChI is InChI=1S/C16H22N2OS/c1-18(15(19)10-12-5-2-3-6-12)11-13-7-4-8-14(9-13)16(17)20/h4,7-9,12H,2-3,5-6,10-11H2,1H3,(H2,17,20). The molecule has 3 nitrogen and oxygen atoms in total. The van der Waals surface area contributed by atoms with E-state index in [1.54, 1.807) is 4.90 Å². The lowest BCUT2D eigenvalue weighted by molar-refractivity contribution is -0.131. The van der Waals surface area contributed by atoms with Crippen LogP contribution in [-0.4, -0.2) is 22.8 Å². The van der Waals surface area contributed by atoms with E-state index in [1.807, 2.05) is 31.3 Å². The number of hydrogen-bond donors (Lipinski definition) is 1. The largest absolute Gasteiger partial charge is 0.389 e. The summed E-state index contributed by atoms with van der Waals surface area (Å²) >= 11 is 4.98. The van der Waals surface area contributed by atoms with Gasteiger partial charge in [0.15, 0.2) is 0 Å². The molecule has 0 atom stereocenters. The Balaban J connectivity index is 1.92. The molecule has 1 saturated carbocycles. The number of nitrogens with zero attached hydrogens (tertiary/aromatic N) is 1. The fourth-order valence-electron chi connectivity index (χ4n) is 2.80. The van der Waals surface area contributed by atoms with Gasteiger partial charge < -0.3 is 10.6 Å². The molecule has 2 N–H and O–H groups in total. The van der Waals surface area contributed by atoms with Crippen molar-refractivity contribution in [3.63, 3.8) is 0 Å². The van der Waals surface area contributed by atoms with E-state index in [2.05, 4.69) is 0 Å². The highest BCUT2D eigenvalue weighted by molar-refractivity contribution is 7.80. The maximum Gasteiger partial charge on any atom is 0.222 e. The molecule has 0 heterocycles. The van der Waals surface area contributed by atoms with E-state index in [9.17, 15) is 4.79 Å². The molecule has 1 aromatic rings. The lowest BCUT2D eigenvalue weighted by atomic mass is 10.0. The first-order valence-electron chi connectivity index (χ1n) is 7.19. The quantitative estimate of drug-likeness (QED) is 0.848. The molecule has 1 amide bonds. The minimum absolute atomic E-state index is 0.234. The van der Waals surface area contributed by atoms with Crippen molar-refractivity contribution in [1.29, 1.82) is 0 Å². The molecule has 108 valence electrons. The Morgan fingerprint density at radius 3 is 2.75 bits per heavy atom. The number of amides is 1. The van der Waals surface area contributed by atoms with Crippen molar-refractivity contribution in [2.75, 3.05) is 7.05 Å². The molecule has 0 radical (unpaired) electrons. The van der Waals surface area contributed by atoms with Crippen LogP contribution in [-0.2, 0) is 11.3 Å². The Morgan fingerprint density at radius 2 is 2.10 bits per heavy atom. The van der Waals surface area contributed by atoms with Gasteiger partial charge in [0.25, 0.3) is 0 Å². The van der Waals surface area contributed by atoms with Crippen LogP contribution in [0.25, 0.3) is 0 Å². The second-order valence-electron chi connectivity index (χ2n) is 5.67. The highest BCUT2D eigenvalue weighted by Gasteiger charge is 2.20. The van der Waals surface area contributed by atoms with Crippen LogP contribution in [0.4, 0.5) is 0 Å². The minimum Gasteiger partial charge on any atom is -0.389 e. The molecule has 2 rings (SSSR count). The van der Waals surface area contributed by atoms with Crippen molar-refractivity contribution < 1.29 is 4.79 Å². The van der Waals surface area contributed by atoms with Crippen LogP contribution in [0.15, 0.2) is 24.3 Å². The summed E-state index contributed by atoms with van der Waals surface area (Å²) in [5.74, 6) is 0.825. The lowest BCUT2D eigenvalue weighted by Gasteiger charge is -2.19. The van der Waals surface area contributed by atoms with E-state index < -0.39 is 0 Å². The van der Waals surface area contributed by atoms with Crippen molar-refractivity contribution in [1.82, 2.24) is 4.90 Å². The highest BCUT2D eigenvalue weighted by atomic mass is 32.1. The van der Waals surface area contributed by atoms with Gasteiger partial charge in [-0.1, -0.05) is 43.3 Å². The number of hydrogen-bond acceptors (Lipinski definition) is 2. The smallest absolute Gasteiger partial charge is 0.222 e. The number of thiocarbonyl (C=S) groups is 1. The van der Waals surface area contributed by atoms with Crippen molar-refractivity contribution >= 4 is 23.1 Å². The average molecular weight is 290 g/mol. The molecule has 1 aromatic carbocycles. The molecule has 0 bridgehead atoms. The normalized spacial score (nSPS) is 15.2. The summed E-state index contributed by atoms with van der Waals surface area (Å²) in [5.41, 5.74) is 7.56. The van der Waals surface area contributed by atoms with Crippen LogP contribution < -0.4 is 5.73 Å². The summed E-state index contributed by atoms with van der Waals surface area (Å²) in [4.78, 5) is 14.4. The van der Waals surface area contributed by atoms with Crippen molar-refractivity contribution in [3.8, 4) is 0 Å². The number of rotatable bonds is 5. The molecule has 1 aliphatic carbocycles. The monoisotopic (exact) mass is 290 g/mol. The van der Waals surface area contributed by atoms with Crippen LogP contribution in [0.3, 0.4) is 0 Å². The van der Waals surface area contributed by atoms with Crippen LogP contribution in [0.5, 0.6) is 0 Å². The molecule has 0 aliphatic heterocycles. The molecular formula is C16H22N2OS. The predicted molar refractivity (Wildman–Crippen MR) is 85.4 cm³/mol. The number of benzene rings is 1. The van der Waals surface area contributed by atoms with Gasteiger partial charge in [0.2, 0.25) is 5.91 Å². The van der Waals surface area contributed by atoms with Gasteiger partial charge in [-0.2, -0.15) is 0 Å². The molecule has 0 spiro atoms. The van der Waals surface area contributed by atoms with Crippen LogP contribution in [0.1, 0.15) is 43.2 Å². The first-order valence-corrected chi connectivity index (χ1v) is 7.60. The second kappa shape index (κ2) is 6.84. The Labute approximate surface area is 126 Å². The number of carbonyl (C=O) groups excluding carboxylic acids is 1. The first-order chi connectivity index (χ1) is 9.56. The highest BCUT2D eigenvalue weighted by Crippen LogP contribution is 2.28. The van der Waals surface area contributed by atoms with E-state index in [0.717, 1.165) is 11.1 Å². The summed E-state index contributed by atoms with van der Waals surface area (Å²) < 4.78 is 0. The summed E-state index contributed by atoms with van der Waals surface area (Å²) in [6.45, 7) is 0.613. The molecule has 1 aliphatic rings. The zero-order valence-corrected chi connectivity index (χ0v) is 12.8. The Morgan fingerprint density at radius 1 is 1.40 bits per heavy atom. The van der Waals surface area contributed by atoms with Crippen LogP contribution >= 0.6 is 12.2 Å². The summed E-state index contributed by atoms with van der Waals surface area (Å²) in [5, 5.41) is 0. The van der Waals surface area contributed by atoms with Gasteiger partial charge in [-0.25, -0.2) is 0 Å². The summed E-state index contributed by atoms with van der Waals surface area (Å²) in [7, 11) is 1.87. The average Bonchev–Trinajstić information content (AvgIpc) is 2.91. The van der Waals surface area contributed by atoms with Crippen molar-refractivity contribution in [2.45, 2.75) is 38.6 Å². The lowest BCUT2D eigenvalue weighted by Crippen LogP contribution is -2.27. The van der Waals surface area contributed by atoms with Crippen LogP contribution in [0.2, 0.25) is 0 Å². The predicted octanol–water partition coefficient (Wildman–Crippen LogP) is 2.86. The van der Waals surface area contributed by atoms with Gasteiger partial charge in [-0.05, 0) is 30.4 Å². The second-order valence-corrected chi connectivity index (χ2v) is 6.11. The third-order valence-electron chi connectivity index (χ3n) is 4.00. The Hall–Kier alpha value is -1.42.